The summed E-state index contributed by atoms with van der Waals surface area (Å²) in [6, 6.07) is 1.87. The Balaban J connectivity index is 1.17. The topological polar surface area (TPSA) is 76.3 Å². The van der Waals surface area contributed by atoms with E-state index in [-0.39, 0.29) is 17.5 Å². The highest BCUT2D eigenvalue weighted by molar-refractivity contribution is 7.99. The third-order valence-electron chi connectivity index (χ3n) is 6.21. The fraction of sp³-hybridized carbons (Fsp3) is 0.600. The van der Waals surface area contributed by atoms with Crippen molar-refractivity contribution in [3.05, 3.63) is 40.1 Å². The number of hydrogen-bond donors (Lipinski definition) is 0. The Labute approximate surface area is 173 Å². The molecule has 1 amide bonds. The van der Waals surface area contributed by atoms with E-state index >= 15 is 0 Å². The van der Waals surface area contributed by atoms with E-state index < -0.39 is 0 Å². The molecular weight excluding hydrogens is 388 g/mol. The Morgan fingerprint density at radius 2 is 2.03 bits per heavy atom. The lowest BCUT2D eigenvalue weighted by Gasteiger charge is -2.35. The number of amides is 1. The smallest absolute Gasteiger partial charge is 0.257 e. The van der Waals surface area contributed by atoms with E-state index in [0.717, 1.165) is 80.7 Å². The Bertz CT molecular complexity index is 949. The first kappa shape index (κ1) is 18.9. The second kappa shape index (κ2) is 7.95. The average Bonchev–Trinajstić information content (AvgIpc) is 3.48. The summed E-state index contributed by atoms with van der Waals surface area (Å²) in [5, 5.41) is 5.04. The van der Waals surface area contributed by atoms with Gasteiger partial charge in [-0.15, -0.1) is 0 Å². The van der Waals surface area contributed by atoms with Crippen molar-refractivity contribution in [1.82, 2.24) is 29.1 Å². The van der Waals surface area contributed by atoms with Crippen LogP contribution in [0.1, 0.15) is 30.1 Å². The van der Waals surface area contributed by atoms with Crippen LogP contribution in [0.5, 0.6) is 0 Å². The normalized spacial score (nSPS) is 21.4. The van der Waals surface area contributed by atoms with Crippen molar-refractivity contribution in [3.8, 4) is 0 Å². The summed E-state index contributed by atoms with van der Waals surface area (Å²) in [6.07, 6.45) is 6.92. The number of nitrogens with zero attached hydrogens (tertiary/aromatic N) is 6. The third-order valence-corrected chi connectivity index (χ3v) is 7.31. The summed E-state index contributed by atoms with van der Waals surface area (Å²) >= 11 is 1.62. The maximum Gasteiger partial charge on any atom is 0.257 e. The van der Waals surface area contributed by atoms with Crippen LogP contribution in [0.2, 0.25) is 0 Å². The largest absolute Gasteiger partial charge is 0.340 e. The fourth-order valence-electron chi connectivity index (χ4n) is 4.53. The average molecular weight is 415 g/mol. The standard InChI is InChI=1S/C20H26N6O2S/c27-18(24-10-7-23(8-11-24)9-12-25-6-2-5-21-25)13-15-14-29-20-22-17-4-1-3-16(17)19(28)26(15)20/h2,5-6,15H,1,3-4,7-14H2/t15-/m1/s1. The molecular formula is C20H26N6O2S. The first-order valence-corrected chi connectivity index (χ1v) is 11.4. The van der Waals surface area contributed by atoms with Gasteiger partial charge in [0.2, 0.25) is 5.91 Å². The van der Waals surface area contributed by atoms with Crippen LogP contribution < -0.4 is 5.56 Å². The van der Waals surface area contributed by atoms with Crippen LogP contribution >= 0.6 is 11.8 Å². The highest BCUT2D eigenvalue weighted by Crippen LogP contribution is 2.34. The highest BCUT2D eigenvalue weighted by atomic mass is 32.2. The van der Waals surface area contributed by atoms with Gasteiger partial charge in [0, 0.05) is 62.9 Å². The summed E-state index contributed by atoms with van der Waals surface area (Å²) in [5.74, 6) is 0.920. The van der Waals surface area contributed by atoms with Crippen molar-refractivity contribution in [2.24, 2.45) is 0 Å². The fourth-order valence-corrected chi connectivity index (χ4v) is 5.68. The number of aromatic nitrogens is 4. The Hall–Kier alpha value is -2.13. The van der Waals surface area contributed by atoms with E-state index in [4.69, 9.17) is 4.98 Å². The van der Waals surface area contributed by atoms with Gasteiger partial charge in [-0.1, -0.05) is 11.8 Å². The van der Waals surface area contributed by atoms with Gasteiger partial charge in [0.25, 0.3) is 5.56 Å². The van der Waals surface area contributed by atoms with Crippen LogP contribution in [0, 0.1) is 0 Å². The van der Waals surface area contributed by atoms with Crippen molar-refractivity contribution in [2.75, 3.05) is 38.5 Å². The summed E-state index contributed by atoms with van der Waals surface area (Å²) < 4.78 is 3.74. The number of hydrogen-bond acceptors (Lipinski definition) is 6. The number of carbonyl (C=O) groups is 1. The molecule has 29 heavy (non-hydrogen) atoms. The van der Waals surface area contributed by atoms with Gasteiger partial charge in [0.1, 0.15) is 0 Å². The molecule has 0 spiro atoms. The minimum atomic E-state index is -0.0637. The molecule has 1 atom stereocenters. The minimum absolute atomic E-state index is 0.0637. The van der Waals surface area contributed by atoms with Gasteiger partial charge in [-0.3, -0.25) is 23.7 Å². The molecule has 1 aliphatic carbocycles. The Kier molecular flexibility index (Phi) is 5.17. The number of thioether (sulfide) groups is 1. The molecule has 5 rings (SSSR count). The van der Waals surface area contributed by atoms with Gasteiger partial charge in [-0.05, 0) is 25.3 Å². The summed E-state index contributed by atoms with van der Waals surface area (Å²) in [6.45, 7) is 5.10. The molecule has 0 unspecified atom stereocenters. The zero-order valence-corrected chi connectivity index (χ0v) is 17.3. The van der Waals surface area contributed by atoms with Gasteiger partial charge >= 0.3 is 0 Å². The molecule has 4 heterocycles. The summed E-state index contributed by atoms with van der Waals surface area (Å²) in [5.41, 5.74) is 1.94. The van der Waals surface area contributed by atoms with Crippen molar-refractivity contribution in [1.29, 1.82) is 0 Å². The maximum atomic E-state index is 12.9. The minimum Gasteiger partial charge on any atom is -0.340 e. The lowest BCUT2D eigenvalue weighted by molar-refractivity contribution is -0.133. The molecule has 0 bridgehead atoms. The Morgan fingerprint density at radius 3 is 2.83 bits per heavy atom. The molecule has 154 valence electrons. The van der Waals surface area contributed by atoms with Crippen molar-refractivity contribution >= 4 is 17.7 Å². The van der Waals surface area contributed by atoms with E-state index in [1.165, 1.54) is 0 Å². The van der Waals surface area contributed by atoms with Crippen LogP contribution in [0.15, 0.2) is 28.4 Å². The van der Waals surface area contributed by atoms with Crippen molar-refractivity contribution in [3.63, 3.8) is 0 Å². The molecule has 0 saturated carbocycles. The molecule has 1 saturated heterocycles. The first-order valence-electron chi connectivity index (χ1n) is 10.4. The van der Waals surface area contributed by atoms with Gasteiger partial charge in [-0.2, -0.15) is 5.10 Å². The van der Waals surface area contributed by atoms with Crippen LogP contribution in [-0.4, -0.2) is 73.5 Å². The van der Waals surface area contributed by atoms with Crippen LogP contribution in [-0.2, 0) is 24.2 Å². The highest BCUT2D eigenvalue weighted by Gasteiger charge is 2.32. The van der Waals surface area contributed by atoms with Gasteiger partial charge < -0.3 is 4.90 Å². The molecule has 3 aliphatic rings. The molecule has 1 fully saturated rings. The van der Waals surface area contributed by atoms with Gasteiger partial charge in [0.15, 0.2) is 5.16 Å². The first-order chi connectivity index (χ1) is 14.2. The summed E-state index contributed by atoms with van der Waals surface area (Å²) in [7, 11) is 0. The Morgan fingerprint density at radius 1 is 1.17 bits per heavy atom. The molecule has 2 aromatic rings. The van der Waals surface area contributed by atoms with E-state index in [1.807, 2.05) is 21.8 Å². The lowest BCUT2D eigenvalue weighted by atomic mass is 10.1. The molecule has 0 N–H and O–H groups in total. The van der Waals surface area contributed by atoms with Crippen LogP contribution in [0.3, 0.4) is 0 Å². The second-order valence-corrected chi connectivity index (χ2v) is 9.00. The van der Waals surface area contributed by atoms with E-state index in [0.29, 0.717) is 6.42 Å². The van der Waals surface area contributed by atoms with E-state index in [9.17, 15) is 9.59 Å². The third kappa shape index (κ3) is 3.73. The number of piperazine rings is 1. The van der Waals surface area contributed by atoms with Gasteiger partial charge in [-0.25, -0.2) is 4.98 Å². The van der Waals surface area contributed by atoms with Crippen LogP contribution in [0.4, 0.5) is 0 Å². The quantitative estimate of drug-likeness (QED) is 0.674. The SMILES string of the molecule is O=C(C[C@@H]1CSc2nc3c(c(=O)n21)CCC3)N1CCN(CCn2cccn2)CC1. The molecule has 0 aromatic carbocycles. The zero-order valence-electron chi connectivity index (χ0n) is 16.5. The predicted molar refractivity (Wildman–Crippen MR) is 110 cm³/mol. The molecule has 0 radical (unpaired) electrons. The number of fused-ring (bicyclic) bond motifs is 2. The van der Waals surface area contributed by atoms with Crippen molar-refractivity contribution < 1.29 is 4.79 Å². The van der Waals surface area contributed by atoms with E-state index in [1.54, 1.807) is 22.5 Å². The number of aryl methyl sites for hydroxylation is 1. The van der Waals surface area contributed by atoms with Gasteiger partial charge in [0.05, 0.1) is 18.3 Å². The number of carbonyl (C=O) groups excluding carboxylic acids is 1. The molecule has 2 aromatic heterocycles. The lowest BCUT2D eigenvalue weighted by Crippen LogP contribution is -2.49. The van der Waals surface area contributed by atoms with E-state index in [2.05, 4.69) is 10.00 Å². The summed E-state index contributed by atoms with van der Waals surface area (Å²) in [4.78, 5) is 34.9. The predicted octanol–water partition coefficient (Wildman–Crippen LogP) is 0.810. The molecule has 9 heteroatoms. The monoisotopic (exact) mass is 414 g/mol. The molecule has 2 aliphatic heterocycles. The van der Waals surface area contributed by atoms with Crippen LogP contribution in [0.25, 0.3) is 0 Å². The maximum absolute atomic E-state index is 12.9. The number of rotatable bonds is 5. The zero-order chi connectivity index (χ0) is 19.8. The van der Waals surface area contributed by atoms with Crippen molar-refractivity contribution in [2.45, 2.75) is 43.4 Å². The molecule has 8 nitrogen and oxygen atoms in total. The second-order valence-electron chi connectivity index (χ2n) is 8.01.